The van der Waals surface area contributed by atoms with E-state index in [1.807, 2.05) is 0 Å². The lowest BCUT2D eigenvalue weighted by Crippen LogP contribution is -2.03. The molecule has 30 heavy (non-hydrogen) atoms. The number of nitriles is 1. The van der Waals surface area contributed by atoms with Gasteiger partial charge in [0, 0.05) is 17.3 Å². The highest BCUT2D eigenvalue weighted by Gasteiger charge is 2.24. The van der Waals surface area contributed by atoms with Crippen LogP contribution in [0, 0.1) is 11.3 Å². The van der Waals surface area contributed by atoms with Crippen molar-refractivity contribution < 1.29 is 23.7 Å². The molecule has 1 aliphatic heterocycles. The summed E-state index contributed by atoms with van der Waals surface area (Å²) in [6.45, 7) is 0.165. The molecule has 152 valence electrons. The van der Waals surface area contributed by atoms with E-state index in [4.69, 9.17) is 24.7 Å². The van der Waals surface area contributed by atoms with Gasteiger partial charge in [0.2, 0.25) is 12.6 Å². The predicted octanol–water partition coefficient (Wildman–Crippen LogP) is 3.92. The van der Waals surface area contributed by atoms with Gasteiger partial charge in [-0.3, -0.25) is 4.79 Å². The van der Waals surface area contributed by atoms with Crippen molar-refractivity contribution in [3.8, 4) is 29.1 Å². The average molecular weight is 423 g/mol. The monoisotopic (exact) mass is 423 g/mol. The highest BCUT2D eigenvalue weighted by atomic mass is 32.1. The van der Waals surface area contributed by atoms with E-state index >= 15 is 0 Å². The summed E-state index contributed by atoms with van der Waals surface area (Å²) < 4.78 is 21.2. The van der Waals surface area contributed by atoms with Crippen molar-refractivity contribution in [2.75, 3.05) is 32.1 Å². The lowest BCUT2D eigenvalue weighted by molar-refractivity contribution is 0.104. The predicted molar refractivity (Wildman–Crippen MR) is 112 cm³/mol. The van der Waals surface area contributed by atoms with Crippen LogP contribution in [-0.4, -0.2) is 26.8 Å². The van der Waals surface area contributed by atoms with Crippen molar-refractivity contribution in [2.24, 2.45) is 0 Å². The van der Waals surface area contributed by atoms with Crippen molar-refractivity contribution in [3.05, 3.63) is 52.4 Å². The first-order valence-electron chi connectivity index (χ1n) is 8.81. The summed E-state index contributed by atoms with van der Waals surface area (Å²) in [5.41, 5.74) is 7.55. The van der Waals surface area contributed by atoms with Crippen LogP contribution in [0.3, 0.4) is 0 Å². The molecule has 1 aromatic heterocycles. The van der Waals surface area contributed by atoms with Gasteiger partial charge in [-0.25, -0.2) is 0 Å². The summed E-state index contributed by atoms with van der Waals surface area (Å²) >= 11 is 1.11. The summed E-state index contributed by atoms with van der Waals surface area (Å²) in [7, 11) is 3.01. The van der Waals surface area contributed by atoms with Gasteiger partial charge >= 0.3 is 0 Å². The number of nitrogens with one attached hydrogen (secondary N) is 1. The van der Waals surface area contributed by atoms with Gasteiger partial charge in [0.15, 0.2) is 23.0 Å². The number of nitrogens with zero attached hydrogens (tertiary/aromatic N) is 1. The number of nitrogen functional groups attached to an aromatic ring is 1. The van der Waals surface area contributed by atoms with Gasteiger partial charge in [0.25, 0.3) is 0 Å². The first-order valence-corrected chi connectivity index (χ1v) is 9.63. The van der Waals surface area contributed by atoms with Crippen molar-refractivity contribution in [1.29, 1.82) is 5.26 Å². The lowest BCUT2D eigenvalue weighted by atomic mass is 10.1. The molecule has 8 nitrogen and oxygen atoms in total. The molecule has 2 heterocycles. The molecule has 0 saturated heterocycles. The number of ether oxygens (including phenoxy) is 4. The standard InChI is InChI=1S/C21H17N3O5S/c1-26-14-5-3-11(7-16(14)27-2)19(25)20-18(23)13(9-22)21(30-20)24-12-4-6-15-17(8-12)29-10-28-15/h3-8,24H,10,23H2,1-2H3. The number of methoxy groups -OCH3 is 2. The second kappa shape index (κ2) is 7.85. The number of hydrogen-bond acceptors (Lipinski definition) is 9. The van der Waals surface area contributed by atoms with Gasteiger partial charge in [0.05, 0.1) is 19.9 Å². The molecule has 3 N–H and O–H groups in total. The number of carbonyl (C=O) groups is 1. The van der Waals surface area contributed by atoms with E-state index < -0.39 is 0 Å². The fourth-order valence-electron chi connectivity index (χ4n) is 3.03. The zero-order valence-electron chi connectivity index (χ0n) is 16.1. The maximum atomic E-state index is 13.1. The van der Waals surface area contributed by atoms with Crippen molar-refractivity contribution in [1.82, 2.24) is 0 Å². The molecule has 0 fully saturated rings. The summed E-state index contributed by atoms with van der Waals surface area (Å²) in [6, 6.07) is 12.2. The van der Waals surface area contributed by atoms with Crippen LogP contribution in [0.1, 0.15) is 20.8 Å². The Morgan fingerprint density at radius 2 is 1.90 bits per heavy atom. The first-order chi connectivity index (χ1) is 14.5. The Morgan fingerprint density at radius 1 is 1.13 bits per heavy atom. The van der Waals surface area contributed by atoms with E-state index in [1.165, 1.54) is 14.2 Å². The number of nitrogens with two attached hydrogens (primary N) is 1. The summed E-state index contributed by atoms with van der Waals surface area (Å²) in [5, 5.41) is 13.2. The molecule has 2 aromatic carbocycles. The lowest BCUT2D eigenvalue weighted by Gasteiger charge is -2.08. The largest absolute Gasteiger partial charge is 0.493 e. The Hall–Kier alpha value is -3.90. The van der Waals surface area contributed by atoms with Crippen LogP contribution >= 0.6 is 11.3 Å². The molecular formula is C21H17N3O5S. The van der Waals surface area contributed by atoms with Crippen LogP contribution in [0.25, 0.3) is 0 Å². The molecule has 0 unspecified atom stereocenters. The molecular weight excluding hydrogens is 406 g/mol. The summed E-state index contributed by atoms with van der Waals surface area (Å²) in [4.78, 5) is 13.3. The molecule has 0 atom stereocenters. The molecule has 1 aliphatic rings. The number of fused-ring (bicyclic) bond motifs is 1. The third-order valence-electron chi connectivity index (χ3n) is 4.54. The molecule has 0 radical (unpaired) electrons. The van der Waals surface area contributed by atoms with E-state index in [0.717, 1.165) is 11.3 Å². The van der Waals surface area contributed by atoms with E-state index in [0.29, 0.717) is 39.2 Å². The Labute approximate surface area is 176 Å². The van der Waals surface area contributed by atoms with Gasteiger partial charge in [-0.1, -0.05) is 0 Å². The van der Waals surface area contributed by atoms with Crippen molar-refractivity contribution >= 4 is 33.5 Å². The number of anilines is 3. The Kier molecular flexibility index (Phi) is 5.08. The van der Waals surface area contributed by atoms with Crippen molar-refractivity contribution in [3.63, 3.8) is 0 Å². The van der Waals surface area contributed by atoms with Gasteiger partial charge in [-0.2, -0.15) is 5.26 Å². The minimum atomic E-state index is -0.311. The van der Waals surface area contributed by atoms with Gasteiger partial charge in [-0.05, 0) is 30.3 Å². The normalized spacial score (nSPS) is 11.6. The summed E-state index contributed by atoms with van der Waals surface area (Å²) in [6.07, 6.45) is 0. The number of rotatable bonds is 6. The quantitative estimate of drug-likeness (QED) is 0.573. The van der Waals surface area contributed by atoms with Crippen LogP contribution < -0.4 is 30.0 Å². The fourth-order valence-corrected chi connectivity index (χ4v) is 4.08. The molecule has 3 aromatic rings. The molecule has 9 heteroatoms. The minimum absolute atomic E-state index is 0.130. The first kappa shape index (κ1) is 19.4. The number of thiophene rings is 1. The SMILES string of the molecule is COc1ccc(C(=O)c2sc(Nc3ccc4c(c3)OCO4)c(C#N)c2N)cc1OC. The van der Waals surface area contributed by atoms with Crippen molar-refractivity contribution in [2.45, 2.75) is 0 Å². The fraction of sp³-hybridized carbons (Fsp3) is 0.143. The van der Waals surface area contributed by atoms with Crippen LogP contribution in [0.2, 0.25) is 0 Å². The Balaban J connectivity index is 1.68. The van der Waals surface area contributed by atoms with E-state index in [-0.39, 0.29) is 28.7 Å². The molecule has 0 spiro atoms. The van der Waals surface area contributed by atoms with E-state index in [1.54, 1.807) is 36.4 Å². The number of ketones is 1. The zero-order chi connectivity index (χ0) is 21.3. The number of benzene rings is 2. The summed E-state index contributed by atoms with van der Waals surface area (Å²) in [5.74, 6) is 1.88. The number of hydrogen-bond donors (Lipinski definition) is 2. The van der Waals surface area contributed by atoms with Crippen LogP contribution in [0.5, 0.6) is 23.0 Å². The smallest absolute Gasteiger partial charge is 0.231 e. The molecule has 0 bridgehead atoms. The van der Waals surface area contributed by atoms with Gasteiger partial charge in [0.1, 0.15) is 21.5 Å². The van der Waals surface area contributed by atoms with E-state index in [2.05, 4.69) is 11.4 Å². The third-order valence-corrected chi connectivity index (χ3v) is 5.66. The maximum Gasteiger partial charge on any atom is 0.231 e. The molecule has 0 amide bonds. The highest BCUT2D eigenvalue weighted by Crippen LogP contribution is 2.41. The second-order valence-electron chi connectivity index (χ2n) is 6.25. The third kappa shape index (κ3) is 3.33. The van der Waals surface area contributed by atoms with Crippen LogP contribution in [-0.2, 0) is 0 Å². The van der Waals surface area contributed by atoms with Gasteiger partial charge < -0.3 is 30.0 Å². The minimum Gasteiger partial charge on any atom is -0.493 e. The van der Waals surface area contributed by atoms with Crippen LogP contribution in [0.15, 0.2) is 36.4 Å². The number of carbonyl (C=O) groups excluding carboxylic acids is 1. The molecule has 0 saturated carbocycles. The van der Waals surface area contributed by atoms with Crippen LogP contribution in [0.4, 0.5) is 16.4 Å². The highest BCUT2D eigenvalue weighted by molar-refractivity contribution is 7.19. The Bertz CT molecular complexity index is 1180. The topological polar surface area (TPSA) is 116 Å². The average Bonchev–Trinajstić information content (AvgIpc) is 3.36. The molecule has 4 rings (SSSR count). The molecule has 0 aliphatic carbocycles. The zero-order valence-corrected chi connectivity index (χ0v) is 17.0. The Morgan fingerprint density at radius 3 is 2.63 bits per heavy atom. The maximum absolute atomic E-state index is 13.1. The second-order valence-corrected chi connectivity index (χ2v) is 7.27. The van der Waals surface area contributed by atoms with E-state index in [9.17, 15) is 10.1 Å². The van der Waals surface area contributed by atoms with Gasteiger partial charge in [-0.15, -0.1) is 11.3 Å².